The van der Waals surface area contributed by atoms with E-state index in [9.17, 15) is 4.79 Å². The van der Waals surface area contributed by atoms with Gasteiger partial charge < -0.3 is 15.0 Å². The molecule has 1 fully saturated rings. The van der Waals surface area contributed by atoms with E-state index in [-0.39, 0.29) is 11.3 Å². The number of nitrogens with one attached hydrogen (secondary N) is 1. The Morgan fingerprint density at radius 2 is 2.29 bits per heavy atom. The van der Waals surface area contributed by atoms with E-state index in [1.807, 2.05) is 14.1 Å². The molecular weight excluding hydrogens is 180 g/mol. The van der Waals surface area contributed by atoms with E-state index >= 15 is 0 Å². The van der Waals surface area contributed by atoms with Crippen LogP contribution >= 0.6 is 0 Å². The van der Waals surface area contributed by atoms with Crippen LogP contribution in [-0.4, -0.2) is 51.7 Å². The molecule has 1 N–H and O–H groups in total. The Morgan fingerprint density at radius 1 is 1.57 bits per heavy atom. The molecule has 0 saturated carbocycles. The number of hydrogen-bond acceptors (Lipinski definition) is 3. The zero-order valence-corrected chi connectivity index (χ0v) is 9.30. The summed E-state index contributed by atoms with van der Waals surface area (Å²) in [5.41, 5.74) is -0.223. The average molecular weight is 200 g/mol. The first-order valence-corrected chi connectivity index (χ1v) is 5.04. The summed E-state index contributed by atoms with van der Waals surface area (Å²) in [7, 11) is 5.31. The molecule has 4 nitrogen and oxygen atoms in total. The summed E-state index contributed by atoms with van der Waals surface area (Å²) in [6.45, 7) is 2.37. The first-order chi connectivity index (χ1) is 6.62. The van der Waals surface area contributed by atoms with Crippen LogP contribution in [-0.2, 0) is 9.53 Å². The van der Waals surface area contributed by atoms with Gasteiger partial charge in [-0.25, -0.2) is 0 Å². The van der Waals surface area contributed by atoms with Crippen LogP contribution in [0, 0.1) is 5.41 Å². The van der Waals surface area contributed by atoms with E-state index in [1.165, 1.54) is 0 Å². The van der Waals surface area contributed by atoms with Crippen molar-refractivity contribution in [2.24, 2.45) is 5.41 Å². The first kappa shape index (κ1) is 11.5. The highest BCUT2D eigenvalue weighted by atomic mass is 16.5. The second-order valence-corrected chi connectivity index (χ2v) is 4.15. The minimum absolute atomic E-state index is 0.222. The van der Waals surface area contributed by atoms with Gasteiger partial charge >= 0.3 is 0 Å². The van der Waals surface area contributed by atoms with Crippen LogP contribution in [0.5, 0.6) is 0 Å². The predicted molar refractivity (Wildman–Crippen MR) is 55.1 cm³/mol. The molecule has 0 aliphatic carbocycles. The largest absolute Gasteiger partial charge is 0.385 e. The van der Waals surface area contributed by atoms with Gasteiger partial charge in [-0.2, -0.15) is 0 Å². The lowest BCUT2D eigenvalue weighted by atomic mass is 9.82. The molecule has 1 saturated heterocycles. The van der Waals surface area contributed by atoms with Gasteiger partial charge in [0, 0.05) is 34.4 Å². The van der Waals surface area contributed by atoms with Crippen LogP contribution < -0.4 is 5.32 Å². The van der Waals surface area contributed by atoms with Gasteiger partial charge in [0.2, 0.25) is 5.91 Å². The summed E-state index contributed by atoms with van der Waals surface area (Å²) in [6, 6.07) is 0. The number of hydrogen-bond donors (Lipinski definition) is 1. The Morgan fingerprint density at radius 3 is 2.71 bits per heavy atom. The first-order valence-electron chi connectivity index (χ1n) is 5.04. The Balaban J connectivity index is 2.65. The highest BCUT2D eigenvalue weighted by Gasteiger charge is 2.41. The molecule has 1 atom stereocenters. The molecule has 14 heavy (non-hydrogen) atoms. The van der Waals surface area contributed by atoms with Gasteiger partial charge in [0.05, 0.1) is 5.41 Å². The molecule has 1 aliphatic heterocycles. The molecular formula is C10H20N2O2. The molecule has 82 valence electrons. The number of ether oxygens (including phenoxy) is 1. The fourth-order valence-electron chi connectivity index (χ4n) is 2.02. The zero-order chi connectivity index (χ0) is 10.6. The summed E-state index contributed by atoms with van der Waals surface area (Å²) >= 11 is 0. The lowest BCUT2D eigenvalue weighted by Gasteiger charge is -2.29. The third kappa shape index (κ3) is 2.25. The molecule has 0 radical (unpaired) electrons. The van der Waals surface area contributed by atoms with Crippen molar-refractivity contribution < 1.29 is 9.53 Å². The predicted octanol–water partition coefficient (Wildman–Crippen LogP) is 0.0908. The third-order valence-electron chi connectivity index (χ3n) is 2.89. The number of carbonyl (C=O) groups is 1. The van der Waals surface area contributed by atoms with Crippen LogP contribution in [0.2, 0.25) is 0 Å². The Labute approximate surface area is 85.6 Å². The number of nitrogens with zero attached hydrogens (tertiary/aromatic N) is 1. The van der Waals surface area contributed by atoms with E-state index in [0.29, 0.717) is 6.61 Å². The van der Waals surface area contributed by atoms with Gasteiger partial charge in [-0.3, -0.25) is 4.79 Å². The molecule has 1 aliphatic rings. The Bertz CT molecular complexity index is 198. The van der Waals surface area contributed by atoms with Gasteiger partial charge in [0.1, 0.15) is 0 Å². The minimum Gasteiger partial charge on any atom is -0.385 e. The van der Waals surface area contributed by atoms with Crippen molar-refractivity contribution in [2.75, 3.05) is 40.9 Å². The van der Waals surface area contributed by atoms with Gasteiger partial charge in [-0.05, 0) is 19.4 Å². The van der Waals surface area contributed by atoms with Crippen LogP contribution in [0.25, 0.3) is 0 Å². The van der Waals surface area contributed by atoms with E-state index in [1.54, 1.807) is 12.0 Å². The minimum atomic E-state index is -0.223. The molecule has 0 aromatic carbocycles. The Kier molecular flexibility index (Phi) is 3.89. The van der Waals surface area contributed by atoms with Crippen LogP contribution in [0.3, 0.4) is 0 Å². The van der Waals surface area contributed by atoms with Gasteiger partial charge in [-0.1, -0.05) is 0 Å². The highest BCUT2D eigenvalue weighted by Crippen LogP contribution is 2.31. The summed E-state index contributed by atoms with van der Waals surface area (Å²) in [5.74, 6) is 0.222. The monoisotopic (exact) mass is 200 g/mol. The smallest absolute Gasteiger partial charge is 0.229 e. The van der Waals surface area contributed by atoms with Gasteiger partial charge in [-0.15, -0.1) is 0 Å². The van der Waals surface area contributed by atoms with Crippen molar-refractivity contribution in [3.8, 4) is 0 Å². The van der Waals surface area contributed by atoms with Crippen LogP contribution in [0.4, 0.5) is 0 Å². The highest BCUT2D eigenvalue weighted by molar-refractivity contribution is 5.83. The fourth-order valence-corrected chi connectivity index (χ4v) is 2.02. The van der Waals surface area contributed by atoms with E-state index in [2.05, 4.69) is 5.32 Å². The van der Waals surface area contributed by atoms with Crippen molar-refractivity contribution in [1.82, 2.24) is 10.2 Å². The summed E-state index contributed by atoms with van der Waals surface area (Å²) in [6.07, 6.45) is 1.74. The van der Waals surface area contributed by atoms with Gasteiger partial charge in [0.15, 0.2) is 0 Å². The fraction of sp³-hybridized carbons (Fsp3) is 0.900. The Hall–Kier alpha value is -0.610. The summed E-state index contributed by atoms with van der Waals surface area (Å²) in [5, 5.41) is 3.25. The normalized spacial score (nSPS) is 26.5. The average Bonchev–Trinajstić information content (AvgIpc) is 2.63. The molecule has 1 rings (SSSR count). The summed E-state index contributed by atoms with van der Waals surface area (Å²) < 4.78 is 5.06. The van der Waals surface area contributed by atoms with Crippen LogP contribution in [0.15, 0.2) is 0 Å². The van der Waals surface area contributed by atoms with Crippen molar-refractivity contribution in [2.45, 2.75) is 12.8 Å². The van der Waals surface area contributed by atoms with Crippen LogP contribution in [0.1, 0.15) is 12.8 Å². The van der Waals surface area contributed by atoms with Crippen molar-refractivity contribution in [1.29, 1.82) is 0 Å². The van der Waals surface area contributed by atoms with E-state index in [4.69, 9.17) is 4.74 Å². The number of carbonyl (C=O) groups excluding carboxylic acids is 1. The van der Waals surface area contributed by atoms with E-state index < -0.39 is 0 Å². The second kappa shape index (κ2) is 4.75. The quantitative estimate of drug-likeness (QED) is 0.699. The molecule has 0 aromatic rings. The van der Waals surface area contributed by atoms with Crippen molar-refractivity contribution in [3.05, 3.63) is 0 Å². The number of methoxy groups -OCH3 is 1. The van der Waals surface area contributed by atoms with Gasteiger partial charge in [0.25, 0.3) is 0 Å². The zero-order valence-electron chi connectivity index (χ0n) is 9.30. The molecule has 1 amide bonds. The molecule has 4 heteroatoms. The maximum absolute atomic E-state index is 12.0. The molecule has 0 bridgehead atoms. The maximum Gasteiger partial charge on any atom is 0.229 e. The number of rotatable bonds is 4. The molecule has 0 aromatic heterocycles. The standard InChI is InChI=1S/C10H20N2O2/c1-12(2)9(13)10(5-7-14-3)4-6-11-8-10/h11H,4-8H2,1-3H3. The maximum atomic E-state index is 12.0. The van der Waals surface area contributed by atoms with E-state index in [0.717, 1.165) is 25.9 Å². The van der Waals surface area contributed by atoms with Crippen molar-refractivity contribution >= 4 is 5.91 Å². The molecule has 1 heterocycles. The molecule has 1 unspecified atom stereocenters. The summed E-state index contributed by atoms with van der Waals surface area (Å²) in [4.78, 5) is 13.7. The number of amides is 1. The topological polar surface area (TPSA) is 41.6 Å². The lowest BCUT2D eigenvalue weighted by molar-refractivity contribution is -0.139. The lowest BCUT2D eigenvalue weighted by Crippen LogP contribution is -2.42. The molecule has 0 spiro atoms. The second-order valence-electron chi connectivity index (χ2n) is 4.15. The third-order valence-corrected chi connectivity index (χ3v) is 2.89. The SMILES string of the molecule is COCCC1(C(=O)N(C)C)CCNC1. The van der Waals surface area contributed by atoms with Crippen molar-refractivity contribution in [3.63, 3.8) is 0 Å².